The number of amides is 2. The van der Waals surface area contributed by atoms with Crippen molar-refractivity contribution in [1.82, 2.24) is 19.7 Å². The molecule has 1 fully saturated rings. The Balaban J connectivity index is 1.57. The fourth-order valence-electron chi connectivity index (χ4n) is 3.76. The number of benzene rings is 1. The van der Waals surface area contributed by atoms with Gasteiger partial charge in [-0.05, 0) is 40.2 Å². The Morgan fingerprint density at radius 3 is 2.78 bits per heavy atom. The van der Waals surface area contributed by atoms with Crippen molar-refractivity contribution in [2.45, 2.75) is 32.1 Å². The van der Waals surface area contributed by atoms with Crippen molar-refractivity contribution in [2.75, 3.05) is 11.9 Å². The second-order valence-electron chi connectivity index (χ2n) is 7.49. The predicted octanol–water partition coefficient (Wildman–Crippen LogP) is 2.68. The van der Waals surface area contributed by atoms with Gasteiger partial charge in [-0.3, -0.25) is 19.1 Å². The molecule has 2 amide bonds. The SMILES string of the molecule is CC(=O)c1nn(CC(=O)N2C[C@H](F)C[C@H]2C(=O)Nc2cccc(Br)n2)c2cc(O)ccc12. The Kier molecular flexibility index (Phi) is 5.92. The number of aromatic nitrogens is 3. The Morgan fingerprint density at radius 2 is 2.06 bits per heavy atom. The minimum absolute atomic E-state index is 0.0510. The van der Waals surface area contributed by atoms with Crippen LogP contribution in [0.25, 0.3) is 10.9 Å². The molecule has 1 saturated heterocycles. The van der Waals surface area contributed by atoms with Crippen LogP contribution < -0.4 is 5.32 Å². The number of hydrogen-bond donors (Lipinski definition) is 2. The first kappa shape index (κ1) is 21.9. The molecule has 11 heteroatoms. The van der Waals surface area contributed by atoms with Crippen molar-refractivity contribution in [3.63, 3.8) is 0 Å². The number of pyridine rings is 1. The van der Waals surface area contributed by atoms with Crippen LogP contribution >= 0.6 is 15.9 Å². The van der Waals surface area contributed by atoms with Crippen molar-refractivity contribution >= 4 is 50.2 Å². The third-order valence-corrected chi connectivity index (χ3v) is 5.63. The van der Waals surface area contributed by atoms with Crippen molar-refractivity contribution in [3.05, 3.63) is 46.7 Å². The second kappa shape index (κ2) is 8.65. The van der Waals surface area contributed by atoms with Crippen LogP contribution in [0.5, 0.6) is 5.75 Å². The number of carbonyl (C=O) groups is 3. The van der Waals surface area contributed by atoms with Crippen LogP contribution in [0.15, 0.2) is 41.0 Å². The fourth-order valence-corrected chi connectivity index (χ4v) is 4.10. The maximum Gasteiger partial charge on any atom is 0.248 e. The minimum atomic E-state index is -1.35. The molecule has 0 radical (unpaired) electrons. The number of nitrogens with one attached hydrogen (secondary N) is 1. The van der Waals surface area contributed by atoms with Crippen molar-refractivity contribution in [3.8, 4) is 5.75 Å². The van der Waals surface area contributed by atoms with Crippen LogP contribution in [-0.2, 0) is 16.1 Å². The lowest BCUT2D eigenvalue weighted by atomic mass is 10.1. The van der Waals surface area contributed by atoms with Gasteiger partial charge in [-0.25, -0.2) is 9.37 Å². The maximum absolute atomic E-state index is 14.2. The normalized spacial score (nSPS) is 18.2. The van der Waals surface area contributed by atoms with Gasteiger partial charge in [-0.2, -0.15) is 5.10 Å². The molecule has 0 bridgehead atoms. The van der Waals surface area contributed by atoms with Gasteiger partial charge in [-0.1, -0.05) is 6.07 Å². The highest BCUT2D eigenvalue weighted by molar-refractivity contribution is 9.10. The van der Waals surface area contributed by atoms with E-state index in [4.69, 9.17) is 0 Å². The van der Waals surface area contributed by atoms with E-state index >= 15 is 0 Å². The van der Waals surface area contributed by atoms with Crippen molar-refractivity contribution < 1.29 is 23.9 Å². The number of rotatable bonds is 5. The van der Waals surface area contributed by atoms with Crippen LogP contribution in [-0.4, -0.2) is 61.1 Å². The number of ketones is 1. The van der Waals surface area contributed by atoms with E-state index in [1.807, 2.05) is 0 Å². The molecule has 0 spiro atoms. The number of alkyl halides is 1. The average molecular weight is 504 g/mol. The molecule has 1 aliphatic rings. The molecule has 4 rings (SSSR count). The Labute approximate surface area is 190 Å². The summed E-state index contributed by atoms with van der Waals surface area (Å²) in [6.07, 6.45) is -1.48. The van der Waals surface area contributed by atoms with Crippen LogP contribution in [0, 0.1) is 0 Å². The Hall–Kier alpha value is -3.34. The number of aromatic hydroxyl groups is 1. The summed E-state index contributed by atoms with van der Waals surface area (Å²) < 4.78 is 16.0. The smallest absolute Gasteiger partial charge is 0.248 e. The molecule has 166 valence electrons. The topological polar surface area (TPSA) is 117 Å². The first-order chi connectivity index (χ1) is 15.2. The molecule has 0 aliphatic carbocycles. The fraction of sp³-hybridized carbons (Fsp3) is 0.286. The third kappa shape index (κ3) is 4.33. The molecule has 3 aromatic rings. The number of halogens is 2. The number of anilines is 1. The molecule has 1 aliphatic heterocycles. The lowest BCUT2D eigenvalue weighted by molar-refractivity contribution is -0.137. The largest absolute Gasteiger partial charge is 0.508 e. The molecular formula is C21H19BrFN5O4. The van der Waals surface area contributed by atoms with Gasteiger partial charge in [0.25, 0.3) is 0 Å². The number of phenolic OH excluding ortho intramolecular Hbond substituents is 1. The highest BCUT2D eigenvalue weighted by Crippen LogP contribution is 2.26. The number of carbonyl (C=O) groups excluding carboxylic acids is 3. The van der Waals surface area contributed by atoms with E-state index in [9.17, 15) is 23.9 Å². The summed E-state index contributed by atoms with van der Waals surface area (Å²) in [6.45, 7) is 0.803. The summed E-state index contributed by atoms with van der Waals surface area (Å²) in [5.74, 6) is -1.15. The quantitative estimate of drug-likeness (QED) is 0.408. The van der Waals surface area contributed by atoms with Gasteiger partial charge in [0.2, 0.25) is 11.8 Å². The number of Topliss-reactive ketones (excluding diaryl/α,β-unsaturated/α-hetero) is 1. The van der Waals surface area contributed by atoms with Crippen LogP contribution in [0.3, 0.4) is 0 Å². The number of nitrogens with zero attached hydrogens (tertiary/aromatic N) is 4. The van der Waals surface area contributed by atoms with E-state index < -0.39 is 24.0 Å². The van der Waals surface area contributed by atoms with Gasteiger partial charge < -0.3 is 15.3 Å². The number of hydrogen-bond acceptors (Lipinski definition) is 6. The first-order valence-electron chi connectivity index (χ1n) is 9.80. The molecule has 3 heterocycles. The molecule has 9 nitrogen and oxygen atoms in total. The lowest BCUT2D eigenvalue weighted by Gasteiger charge is -2.23. The van der Waals surface area contributed by atoms with Gasteiger partial charge in [-0.15, -0.1) is 0 Å². The zero-order valence-electron chi connectivity index (χ0n) is 17.0. The van der Waals surface area contributed by atoms with Gasteiger partial charge in [0.15, 0.2) is 5.78 Å². The average Bonchev–Trinajstić information content (AvgIpc) is 3.29. The Bertz CT molecular complexity index is 1230. The summed E-state index contributed by atoms with van der Waals surface area (Å²) in [5, 5.41) is 17.1. The maximum atomic E-state index is 14.2. The van der Waals surface area contributed by atoms with Gasteiger partial charge in [0.05, 0.1) is 12.1 Å². The summed E-state index contributed by atoms with van der Waals surface area (Å²) >= 11 is 3.22. The van der Waals surface area contributed by atoms with Gasteiger partial charge in [0, 0.05) is 24.8 Å². The molecule has 2 N–H and O–H groups in total. The Morgan fingerprint density at radius 1 is 1.28 bits per heavy atom. The van der Waals surface area contributed by atoms with E-state index in [-0.39, 0.29) is 42.6 Å². The molecule has 0 saturated carbocycles. The predicted molar refractivity (Wildman–Crippen MR) is 117 cm³/mol. The number of likely N-dealkylation sites (tertiary alicyclic amines) is 1. The van der Waals surface area contributed by atoms with Gasteiger partial charge >= 0.3 is 0 Å². The highest BCUT2D eigenvalue weighted by Gasteiger charge is 2.40. The molecule has 0 unspecified atom stereocenters. The minimum Gasteiger partial charge on any atom is -0.508 e. The van der Waals surface area contributed by atoms with Crippen LogP contribution in [0.1, 0.15) is 23.8 Å². The third-order valence-electron chi connectivity index (χ3n) is 5.19. The number of phenols is 1. The van der Waals surface area contributed by atoms with Crippen molar-refractivity contribution in [1.29, 1.82) is 0 Å². The first-order valence-corrected chi connectivity index (χ1v) is 10.6. The van der Waals surface area contributed by atoms with Crippen LogP contribution in [0.2, 0.25) is 0 Å². The summed E-state index contributed by atoms with van der Waals surface area (Å²) in [4.78, 5) is 43.0. The van der Waals surface area contributed by atoms with E-state index in [2.05, 4.69) is 31.3 Å². The highest BCUT2D eigenvalue weighted by atomic mass is 79.9. The summed E-state index contributed by atoms with van der Waals surface area (Å²) in [7, 11) is 0. The molecule has 2 aromatic heterocycles. The zero-order chi connectivity index (χ0) is 23.0. The zero-order valence-corrected chi connectivity index (χ0v) is 18.5. The van der Waals surface area contributed by atoms with E-state index in [1.165, 1.54) is 28.6 Å². The van der Waals surface area contributed by atoms with Gasteiger partial charge in [0.1, 0.15) is 40.6 Å². The molecular weight excluding hydrogens is 485 g/mol. The summed E-state index contributed by atoms with van der Waals surface area (Å²) in [6, 6.07) is 8.32. The van der Waals surface area contributed by atoms with E-state index in [0.717, 1.165) is 0 Å². The monoisotopic (exact) mass is 503 g/mol. The van der Waals surface area contributed by atoms with E-state index in [0.29, 0.717) is 15.5 Å². The van der Waals surface area contributed by atoms with Crippen LogP contribution in [0.4, 0.5) is 10.2 Å². The standard InChI is InChI=1S/C21H19BrFN5O4/c1-11(29)20-14-6-5-13(30)8-15(14)28(26-20)10-19(31)27-9-12(23)7-16(27)21(32)25-18-4-2-3-17(22)24-18/h2-6,8,12,16,30H,7,9-10H2,1H3,(H,24,25,32)/t12-,16+/m1/s1. The lowest BCUT2D eigenvalue weighted by Crippen LogP contribution is -2.44. The molecule has 32 heavy (non-hydrogen) atoms. The molecule has 1 aromatic carbocycles. The van der Waals surface area contributed by atoms with E-state index in [1.54, 1.807) is 24.3 Å². The summed E-state index contributed by atoms with van der Waals surface area (Å²) in [5.41, 5.74) is 0.548. The second-order valence-corrected chi connectivity index (χ2v) is 8.31. The number of fused-ring (bicyclic) bond motifs is 1. The molecule has 2 atom stereocenters. The van der Waals surface area contributed by atoms with Crippen molar-refractivity contribution in [2.24, 2.45) is 0 Å².